The first-order valence-corrected chi connectivity index (χ1v) is 8.83. The molecule has 0 amide bonds. The number of hydrogen-bond donors (Lipinski definition) is 0. The summed E-state index contributed by atoms with van der Waals surface area (Å²) in [5.74, 6) is -1.53. The van der Waals surface area contributed by atoms with Crippen LogP contribution in [0.25, 0.3) is 0 Å². The number of ether oxygens (including phenoxy) is 2. The van der Waals surface area contributed by atoms with Crippen LogP contribution in [0, 0.1) is 0 Å². The first kappa shape index (κ1) is 19.1. The average Bonchev–Trinajstić information content (AvgIpc) is 2.62. The van der Waals surface area contributed by atoms with Gasteiger partial charge in [-0.3, -0.25) is 0 Å². The largest absolute Gasteiger partial charge is 0.416 e. The van der Waals surface area contributed by atoms with Gasteiger partial charge in [-0.15, -0.1) is 0 Å². The van der Waals surface area contributed by atoms with Crippen LogP contribution < -0.4 is 9.47 Å². The van der Waals surface area contributed by atoms with Crippen LogP contribution in [0.3, 0.4) is 0 Å². The number of carbonyl (C=O) groups excluding carboxylic acids is 2. The van der Waals surface area contributed by atoms with Crippen molar-refractivity contribution in [2.45, 2.75) is 12.8 Å². The number of aromatic nitrogens is 1. The van der Waals surface area contributed by atoms with Gasteiger partial charge in [0.25, 0.3) is 5.88 Å². The van der Waals surface area contributed by atoms with E-state index in [0.717, 1.165) is 29.8 Å². The number of rotatable bonds is 5. The van der Waals surface area contributed by atoms with Crippen molar-refractivity contribution in [1.82, 2.24) is 9.88 Å². The summed E-state index contributed by atoms with van der Waals surface area (Å²) >= 11 is 6.57. The minimum Gasteiger partial charge on any atom is -0.416 e. The Morgan fingerprint density at radius 2 is 1.70 bits per heavy atom. The van der Waals surface area contributed by atoms with Crippen LogP contribution in [0.5, 0.6) is 11.6 Å². The van der Waals surface area contributed by atoms with Crippen LogP contribution in [0.15, 0.2) is 42.5 Å². The highest BCUT2D eigenvalue weighted by Gasteiger charge is 2.25. The lowest BCUT2D eigenvalue weighted by atomic mass is 10.0. The van der Waals surface area contributed by atoms with Gasteiger partial charge in [0, 0.05) is 25.1 Å². The van der Waals surface area contributed by atoms with E-state index in [4.69, 9.17) is 21.1 Å². The number of halogens is 1. The first-order chi connectivity index (χ1) is 12.9. The number of likely N-dealkylation sites (N-methyl/N-ethyl adjacent to an activating group) is 1. The Hall–Kier alpha value is -2.70. The Balaban J connectivity index is 2.08. The van der Waals surface area contributed by atoms with E-state index in [2.05, 4.69) is 4.98 Å². The van der Waals surface area contributed by atoms with Crippen molar-refractivity contribution >= 4 is 23.5 Å². The fourth-order valence-corrected chi connectivity index (χ4v) is 3.00. The summed E-state index contributed by atoms with van der Waals surface area (Å²) in [6.45, 7) is 0.732. The predicted octanol–water partition coefficient (Wildman–Crippen LogP) is 2.81. The van der Waals surface area contributed by atoms with Gasteiger partial charge in [0.15, 0.2) is 0 Å². The molecule has 2 heterocycles. The number of fused-ring (bicyclic) bond motifs is 1. The smallest absolute Gasteiger partial charge is 0.337 e. The van der Waals surface area contributed by atoms with Crippen LogP contribution in [-0.4, -0.2) is 42.5 Å². The van der Waals surface area contributed by atoms with E-state index < -0.39 is 11.9 Å². The van der Waals surface area contributed by atoms with E-state index in [-0.39, 0.29) is 16.7 Å². The van der Waals surface area contributed by atoms with E-state index in [1.165, 1.54) is 0 Å². The van der Waals surface area contributed by atoms with Crippen LogP contribution >= 0.6 is 11.6 Å². The molecule has 0 radical (unpaired) electrons. The molecule has 0 bridgehead atoms. The summed E-state index contributed by atoms with van der Waals surface area (Å²) in [4.78, 5) is 30.2. The van der Waals surface area contributed by atoms with Gasteiger partial charge >= 0.3 is 11.9 Å². The minimum atomic E-state index is -0.705. The van der Waals surface area contributed by atoms with Crippen molar-refractivity contribution in [2.24, 2.45) is 0 Å². The van der Waals surface area contributed by atoms with Gasteiger partial charge in [-0.05, 0) is 31.6 Å². The van der Waals surface area contributed by atoms with Crippen LogP contribution in [0.4, 0.5) is 0 Å². The monoisotopic (exact) mass is 386 g/mol. The molecule has 0 saturated carbocycles. The zero-order valence-corrected chi connectivity index (χ0v) is 15.8. The van der Waals surface area contributed by atoms with Crippen LogP contribution in [0.2, 0.25) is 5.02 Å². The topological polar surface area (TPSA) is 68.7 Å². The van der Waals surface area contributed by atoms with Crippen LogP contribution in [-0.2, 0) is 22.4 Å². The van der Waals surface area contributed by atoms with Gasteiger partial charge in [-0.25, -0.2) is 14.6 Å². The van der Waals surface area contributed by atoms with Gasteiger partial charge in [-0.1, -0.05) is 41.9 Å². The third-order valence-electron chi connectivity index (χ3n) is 4.02. The average molecular weight is 387 g/mol. The molecule has 0 N–H and O–H groups in total. The van der Waals surface area contributed by atoms with E-state index >= 15 is 0 Å². The van der Waals surface area contributed by atoms with Crippen molar-refractivity contribution in [3.63, 3.8) is 0 Å². The second-order valence-electron chi connectivity index (χ2n) is 6.38. The lowest BCUT2D eigenvalue weighted by Crippen LogP contribution is -2.19. The maximum atomic E-state index is 11.8. The molecule has 27 heavy (non-hydrogen) atoms. The summed E-state index contributed by atoms with van der Waals surface area (Å²) in [6, 6.07) is 9.78. The van der Waals surface area contributed by atoms with Crippen LogP contribution in [0.1, 0.15) is 16.8 Å². The molecule has 1 aromatic carbocycles. The van der Waals surface area contributed by atoms with E-state index in [0.29, 0.717) is 18.5 Å². The Morgan fingerprint density at radius 3 is 2.37 bits per heavy atom. The van der Waals surface area contributed by atoms with Crippen molar-refractivity contribution in [1.29, 1.82) is 0 Å². The molecule has 6 nitrogen and oxygen atoms in total. The van der Waals surface area contributed by atoms with Crippen molar-refractivity contribution < 1.29 is 19.1 Å². The number of hydrogen-bond acceptors (Lipinski definition) is 6. The number of carbonyl (C=O) groups is 2. The van der Waals surface area contributed by atoms with E-state index in [9.17, 15) is 9.59 Å². The second-order valence-corrected chi connectivity index (χ2v) is 6.75. The van der Waals surface area contributed by atoms with E-state index in [1.54, 1.807) is 0 Å². The van der Waals surface area contributed by atoms with Crippen molar-refractivity contribution in [3.05, 3.63) is 64.3 Å². The van der Waals surface area contributed by atoms with Gasteiger partial charge < -0.3 is 14.4 Å². The third-order valence-corrected chi connectivity index (χ3v) is 4.42. The summed E-state index contributed by atoms with van der Waals surface area (Å²) < 4.78 is 10.5. The molecular formula is C20H19ClN2O4. The summed E-state index contributed by atoms with van der Waals surface area (Å²) in [5, 5.41) is 0.240. The Kier molecular flexibility index (Phi) is 5.88. The molecule has 0 saturated heterocycles. The highest BCUT2D eigenvalue weighted by atomic mass is 35.5. The lowest BCUT2D eigenvalue weighted by Gasteiger charge is -2.19. The van der Waals surface area contributed by atoms with Gasteiger partial charge in [0.05, 0.1) is 10.7 Å². The Bertz CT molecular complexity index is 895. The first-order valence-electron chi connectivity index (χ1n) is 8.45. The maximum Gasteiger partial charge on any atom is 0.337 e. The zero-order valence-electron chi connectivity index (χ0n) is 15.1. The van der Waals surface area contributed by atoms with Crippen molar-refractivity contribution in [3.8, 4) is 11.6 Å². The highest BCUT2D eigenvalue weighted by Crippen LogP contribution is 2.39. The maximum absolute atomic E-state index is 11.8. The molecule has 0 atom stereocenters. The molecule has 1 aliphatic heterocycles. The third kappa shape index (κ3) is 4.72. The molecule has 7 heteroatoms. The molecule has 1 aromatic heterocycles. The van der Waals surface area contributed by atoms with E-state index in [1.807, 2.05) is 49.3 Å². The predicted molar refractivity (Wildman–Crippen MR) is 101 cm³/mol. The number of pyridine rings is 1. The molecule has 140 valence electrons. The summed E-state index contributed by atoms with van der Waals surface area (Å²) in [5.41, 5.74) is 2.49. The number of nitrogens with zero attached hydrogens (tertiary/aromatic N) is 2. The quantitative estimate of drug-likeness (QED) is 0.736. The molecule has 0 spiro atoms. The fourth-order valence-electron chi connectivity index (χ4n) is 2.68. The molecule has 0 unspecified atom stereocenters. The fraction of sp³-hybridized carbons (Fsp3) is 0.250. The Morgan fingerprint density at radius 1 is 1.04 bits per heavy atom. The van der Waals surface area contributed by atoms with Gasteiger partial charge in [0.1, 0.15) is 0 Å². The lowest BCUT2D eigenvalue weighted by molar-refractivity contribution is -0.133. The molecule has 3 rings (SSSR count). The second kappa shape index (κ2) is 8.33. The van der Waals surface area contributed by atoms with Crippen molar-refractivity contribution in [2.75, 3.05) is 20.6 Å². The molecule has 0 fully saturated rings. The standard InChI is InChI=1S/C20H19ClN2O4/c1-23(2)11-10-14-15(12-13-6-4-3-5-7-13)22-20-19(18(14)21)26-16(24)8-9-17(25)27-20/h3-9H,10-12H2,1-2H3/b9-8-. The minimum absolute atomic E-state index is 0.0232. The van der Waals surface area contributed by atoms with Gasteiger partial charge in [-0.2, -0.15) is 0 Å². The SMILES string of the molecule is CN(C)CCc1c(Cc2ccccc2)nc2c(c1Cl)OC(=O)/C=C\C(=O)O2. The summed E-state index contributed by atoms with van der Waals surface area (Å²) in [6.07, 6.45) is 3.12. The molecular weight excluding hydrogens is 368 g/mol. The molecule has 1 aliphatic rings. The normalized spacial score (nSPS) is 14.8. The Labute approximate surface area is 162 Å². The molecule has 0 aliphatic carbocycles. The zero-order chi connectivity index (χ0) is 19.4. The number of esters is 2. The summed E-state index contributed by atoms with van der Waals surface area (Å²) in [7, 11) is 3.91. The number of benzene rings is 1. The highest BCUT2D eigenvalue weighted by molar-refractivity contribution is 6.33. The molecule has 2 aromatic rings. The van der Waals surface area contributed by atoms with Gasteiger partial charge in [0.2, 0.25) is 5.75 Å².